The number of Topliss-reactive ketones (excluding diaryl/α,β-unsaturated/α-hetero) is 1. The van der Waals surface area contributed by atoms with E-state index in [1.54, 1.807) is 25.3 Å². The molecule has 0 aliphatic heterocycles. The van der Waals surface area contributed by atoms with Crippen molar-refractivity contribution in [1.29, 1.82) is 0 Å². The van der Waals surface area contributed by atoms with Gasteiger partial charge in [0, 0.05) is 17.0 Å². The monoisotopic (exact) mass is 267 g/mol. The number of benzene rings is 1. The van der Waals surface area contributed by atoms with Crippen LogP contribution in [0.4, 0.5) is 0 Å². The molecule has 0 spiro atoms. The number of halogens is 1. The number of methoxy groups -OCH3 is 1. The zero-order valence-electron chi connectivity index (χ0n) is 10.5. The second-order valence-electron chi connectivity index (χ2n) is 4.76. The predicted molar refractivity (Wildman–Crippen MR) is 72.3 cm³/mol. The molecule has 1 aliphatic carbocycles. The van der Waals surface area contributed by atoms with Gasteiger partial charge in [0.1, 0.15) is 5.75 Å². The van der Waals surface area contributed by atoms with Gasteiger partial charge in [-0.25, -0.2) is 0 Å². The third-order valence-corrected chi connectivity index (χ3v) is 3.82. The third-order valence-electron chi connectivity index (χ3n) is 3.58. The standard InChI is InChI=1S/C14H18ClNO2/c1-18-13-7-6-9(15)8-11(13)14(17)10-4-2-3-5-12(10)16/h6-8,10,12H,2-5,16H2,1H3. The highest BCUT2D eigenvalue weighted by molar-refractivity contribution is 6.31. The summed E-state index contributed by atoms with van der Waals surface area (Å²) in [5.74, 6) is 0.523. The summed E-state index contributed by atoms with van der Waals surface area (Å²) in [6.07, 6.45) is 3.94. The van der Waals surface area contributed by atoms with E-state index in [1.165, 1.54) is 0 Å². The van der Waals surface area contributed by atoms with Crippen molar-refractivity contribution in [2.24, 2.45) is 11.7 Å². The van der Waals surface area contributed by atoms with E-state index in [9.17, 15) is 4.79 Å². The summed E-state index contributed by atoms with van der Waals surface area (Å²) in [6.45, 7) is 0. The number of rotatable bonds is 3. The zero-order valence-corrected chi connectivity index (χ0v) is 11.2. The molecular formula is C14H18ClNO2. The molecule has 2 rings (SSSR count). The molecule has 3 nitrogen and oxygen atoms in total. The summed E-state index contributed by atoms with van der Waals surface area (Å²) >= 11 is 5.95. The van der Waals surface area contributed by atoms with Crippen molar-refractivity contribution in [3.05, 3.63) is 28.8 Å². The Bertz CT molecular complexity index is 447. The lowest BCUT2D eigenvalue weighted by Crippen LogP contribution is -2.38. The molecule has 0 bridgehead atoms. The smallest absolute Gasteiger partial charge is 0.171 e. The minimum absolute atomic E-state index is 0.0464. The van der Waals surface area contributed by atoms with E-state index in [0.717, 1.165) is 25.7 Å². The topological polar surface area (TPSA) is 52.3 Å². The molecule has 98 valence electrons. The Hall–Kier alpha value is -1.06. The van der Waals surface area contributed by atoms with Gasteiger partial charge in [-0.2, -0.15) is 0 Å². The van der Waals surface area contributed by atoms with E-state index >= 15 is 0 Å². The zero-order chi connectivity index (χ0) is 13.1. The number of hydrogen-bond donors (Lipinski definition) is 1. The summed E-state index contributed by atoms with van der Waals surface area (Å²) in [4.78, 5) is 12.5. The Morgan fingerprint density at radius 1 is 1.39 bits per heavy atom. The van der Waals surface area contributed by atoms with Gasteiger partial charge in [-0.1, -0.05) is 24.4 Å². The normalized spacial score (nSPS) is 23.7. The fourth-order valence-corrected chi connectivity index (χ4v) is 2.73. The van der Waals surface area contributed by atoms with Crippen LogP contribution in [0.3, 0.4) is 0 Å². The van der Waals surface area contributed by atoms with Gasteiger partial charge < -0.3 is 10.5 Å². The maximum atomic E-state index is 12.5. The molecule has 2 atom stereocenters. The van der Waals surface area contributed by atoms with Gasteiger partial charge in [0.05, 0.1) is 12.7 Å². The molecule has 1 fully saturated rings. The van der Waals surface area contributed by atoms with Gasteiger partial charge in [-0.15, -0.1) is 0 Å². The number of ether oxygens (including phenoxy) is 1. The molecule has 2 unspecified atom stereocenters. The highest BCUT2D eigenvalue weighted by atomic mass is 35.5. The number of hydrogen-bond acceptors (Lipinski definition) is 3. The molecular weight excluding hydrogens is 250 g/mol. The van der Waals surface area contributed by atoms with Gasteiger partial charge in [0.15, 0.2) is 5.78 Å². The van der Waals surface area contributed by atoms with E-state index in [-0.39, 0.29) is 17.7 Å². The van der Waals surface area contributed by atoms with Crippen molar-refractivity contribution >= 4 is 17.4 Å². The van der Waals surface area contributed by atoms with E-state index in [4.69, 9.17) is 22.1 Å². The molecule has 0 saturated heterocycles. The largest absolute Gasteiger partial charge is 0.496 e. The fourth-order valence-electron chi connectivity index (χ4n) is 2.56. The summed E-state index contributed by atoms with van der Waals surface area (Å²) in [6, 6.07) is 5.07. The summed E-state index contributed by atoms with van der Waals surface area (Å²) in [5, 5.41) is 0.545. The maximum Gasteiger partial charge on any atom is 0.171 e. The lowest BCUT2D eigenvalue weighted by Gasteiger charge is -2.27. The second-order valence-corrected chi connectivity index (χ2v) is 5.20. The molecule has 1 aromatic rings. The molecule has 18 heavy (non-hydrogen) atoms. The highest BCUT2D eigenvalue weighted by Crippen LogP contribution is 2.31. The summed E-state index contributed by atoms with van der Waals surface area (Å²) < 4.78 is 5.23. The van der Waals surface area contributed by atoms with Crippen molar-refractivity contribution in [3.8, 4) is 5.75 Å². The van der Waals surface area contributed by atoms with Crippen molar-refractivity contribution < 1.29 is 9.53 Å². The average molecular weight is 268 g/mol. The first kappa shape index (κ1) is 13.4. The average Bonchev–Trinajstić information content (AvgIpc) is 2.38. The second kappa shape index (κ2) is 5.72. The van der Waals surface area contributed by atoms with Crippen LogP contribution in [0.1, 0.15) is 36.0 Å². The van der Waals surface area contributed by atoms with Crippen LogP contribution in [-0.4, -0.2) is 18.9 Å². The van der Waals surface area contributed by atoms with E-state index < -0.39 is 0 Å². The minimum Gasteiger partial charge on any atom is -0.496 e. The Morgan fingerprint density at radius 3 is 2.78 bits per heavy atom. The van der Waals surface area contributed by atoms with Crippen LogP contribution in [0.25, 0.3) is 0 Å². The lowest BCUT2D eigenvalue weighted by molar-refractivity contribution is 0.0868. The SMILES string of the molecule is COc1ccc(Cl)cc1C(=O)C1CCCCC1N. The molecule has 1 saturated carbocycles. The van der Waals surface area contributed by atoms with Gasteiger partial charge in [0.2, 0.25) is 0 Å². The minimum atomic E-state index is -0.105. The Labute approximate surface area is 112 Å². The number of nitrogens with two attached hydrogens (primary N) is 1. The number of carbonyl (C=O) groups excluding carboxylic acids is 1. The van der Waals surface area contributed by atoms with E-state index in [1.807, 2.05) is 0 Å². The van der Waals surface area contributed by atoms with Crippen LogP contribution >= 0.6 is 11.6 Å². The maximum absolute atomic E-state index is 12.5. The first-order valence-electron chi connectivity index (χ1n) is 6.27. The van der Waals surface area contributed by atoms with Crippen molar-refractivity contribution in [2.45, 2.75) is 31.7 Å². The van der Waals surface area contributed by atoms with E-state index in [2.05, 4.69) is 0 Å². The van der Waals surface area contributed by atoms with Gasteiger partial charge in [0.25, 0.3) is 0 Å². The Morgan fingerprint density at radius 2 is 2.11 bits per heavy atom. The Balaban J connectivity index is 2.29. The molecule has 1 aromatic carbocycles. The lowest BCUT2D eigenvalue weighted by atomic mass is 9.80. The summed E-state index contributed by atoms with van der Waals surface area (Å²) in [7, 11) is 1.56. The van der Waals surface area contributed by atoms with Gasteiger partial charge >= 0.3 is 0 Å². The molecule has 2 N–H and O–H groups in total. The first-order chi connectivity index (χ1) is 8.63. The molecule has 1 aliphatic rings. The van der Waals surface area contributed by atoms with Gasteiger partial charge in [-0.3, -0.25) is 4.79 Å². The van der Waals surface area contributed by atoms with Crippen molar-refractivity contribution in [2.75, 3.05) is 7.11 Å². The fraction of sp³-hybridized carbons (Fsp3) is 0.500. The van der Waals surface area contributed by atoms with Crippen molar-refractivity contribution in [3.63, 3.8) is 0 Å². The van der Waals surface area contributed by atoms with Crippen LogP contribution in [0, 0.1) is 5.92 Å². The van der Waals surface area contributed by atoms with Crippen LogP contribution < -0.4 is 10.5 Å². The van der Waals surface area contributed by atoms with Crippen molar-refractivity contribution in [1.82, 2.24) is 0 Å². The van der Waals surface area contributed by atoms with Crippen LogP contribution in [0.5, 0.6) is 5.75 Å². The van der Waals surface area contributed by atoms with E-state index in [0.29, 0.717) is 16.3 Å². The van der Waals surface area contributed by atoms with Crippen LogP contribution in [0.2, 0.25) is 5.02 Å². The molecule has 0 radical (unpaired) electrons. The number of ketones is 1. The molecule has 0 amide bonds. The highest BCUT2D eigenvalue weighted by Gasteiger charge is 2.30. The molecule has 4 heteroatoms. The Kier molecular flexibility index (Phi) is 4.25. The summed E-state index contributed by atoms with van der Waals surface area (Å²) in [5.41, 5.74) is 6.60. The molecule has 0 aromatic heterocycles. The number of carbonyl (C=O) groups is 1. The molecule has 0 heterocycles. The first-order valence-corrected chi connectivity index (χ1v) is 6.64. The van der Waals surface area contributed by atoms with Crippen LogP contribution in [-0.2, 0) is 0 Å². The predicted octanol–water partition coefficient (Wildman–Crippen LogP) is 3.05. The quantitative estimate of drug-likeness (QED) is 0.857. The third kappa shape index (κ3) is 2.68. The van der Waals surface area contributed by atoms with Gasteiger partial charge in [-0.05, 0) is 31.0 Å². The van der Waals surface area contributed by atoms with Crippen LogP contribution in [0.15, 0.2) is 18.2 Å².